The van der Waals surface area contributed by atoms with Crippen LogP contribution in [-0.4, -0.2) is 16.7 Å². The standard InChI is InChI=1S/C22H19N3O/c1-25-20-10-6-5-9-18(20)19-12-11-17(13-21(19)25)14-22(26)24-23-15-16-7-3-2-4-8-16/h2-13,15H,14H2,1H3,(H,24,26). The predicted molar refractivity (Wildman–Crippen MR) is 106 cm³/mol. The van der Waals surface area contributed by atoms with Gasteiger partial charge in [0.25, 0.3) is 0 Å². The molecule has 26 heavy (non-hydrogen) atoms. The Hall–Kier alpha value is -3.40. The van der Waals surface area contributed by atoms with Gasteiger partial charge in [-0.15, -0.1) is 0 Å². The number of aryl methyl sites for hydroxylation is 1. The molecule has 4 aromatic rings. The highest BCUT2D eigenvalue weighted by atomic mass is 16.2. The average molecular weight is 341 g/mol. The highest BCUT2D eigenvalue weighted by Crippen LogP contribution is 2.28. The summed E-state index contributed by atoms with van der Waals surface area (Å²) in [5.74, 6) is -0.129. The number of nitrogens with zero attached hydrogens (tertiary/aromatic N) is 2. The first-order valence-electron chi connectivity index (χ1n) is 8.55. The fourth-order valence-electron chi connectivity index (χ4n) is 3.26. The molecule has 0 radical (unpaired) electrons. The summed E-state index contributed by atoms with van der Waals surface area (Å²) in [6.45, 7) is 0. The van der Waals surface area contributed by atoms with Crippen molar-refractivity contribution < 1.29 is 4.79 Å². The molecule has 4 rings (SSSR count). The van der Waals surface area contributed by atoms with E-state index in [9.17, 15) is 4.79 Å². The lowest BCUT2D eigenvalue weighted by Gasteiger charge is -2.03. The zero-order valence-electron chi connectivity index (χ0n) is 14.5. The fraction of sp³-hybridized carbons (Fsp3) is 0.0909. The lowest BCUT2D eigenvalue weighted by Crippen LogP contribution is -2.19. The lowest BCUT2D eigenvalue weighted by molar-refractivity contribution is -0.120. The van der Waals surface area contributed by atoms with E-state index < -0.39 is 0 Å². The molecule has 0 aliphatic carbocycles. The van der Waals surface area contributed by atoms with Crippen LogP contribution in [0.25, 0.3) is 21.8 Å². The SMILES string of the molecule is Cn1c2ccccc2c2ccc(CC(=O)NN=Cc3ccccc3)cc21. The first-order valence-corrected chi connectivity index (χ1v) is 8.55. The molecule has 128 valence electrons. The van der Waals surface area contributed by atoms with Crippen molar-refractivity contribution in [1.29, 1.82) is 0 Å². The molecule has 0 atom stereocenters. The highest BCUT2D eigenvalue weighted by Gasteiger charge is 2.09. The van der Waals surface area contributed by atoms with Gasteiger partial charge in [0.15, 0.2) is 0 Å². The van der Waals surface area contributed by atoms with Crippen molar-refractivity contribution in [3.8, 4) is 0 Å². The van der Waals surface area contributed by atoms with Crippen molar-refractivity contribution in [1.82, 2.24) is 9.99 Å². The van der Waals surface area contributed by atoms with Gasteiger partial charge in [-0.05, 0) is 23.3 Å². The van der Waals surface area contributed by atoms with Gasteiger partial charge in [0.2, 0.25) is 5.91 Å². The Morgan fingerprint density at radius 3 is 2.54 bits per heavy atom. The van der Waals surface area contributed by atoms with Crippen molar-refractivity contribution in [3.63, 3.8) is 0 Å². The largest absolute Gasteiger partial charge is 0.344 e. The Kier molecular flexibility index (Phi) is 4.23. The molecule has 0 bridgehead atoms. The van der Waals surface area contributed by atoms with E-state index in [4.69, 9.17) is 0 Å². The maximum absolute atomic E-state index is 12.2. The molecule has 0 aliphatic rings. The molecule has 0 saturated carbocycles. The predicted octanol–water partition coefficient (Wildman–Crippen LogP) is 4.02. The van der Waals surface area contributed by atoms with E-state index in [1.54, 1.807) is 6.21 Å². The number of aromatic nitrogens is 1. The van der Waals surface area contributed by atoms with Gasteiger partial charge in [0.05, 0.1) is 12.6 Å². The van der Waals surface area contributed by atoms with Crippen molar-refractivity contribution in [2.24, 2.45) is 12.1 Å². The maximum Gasteiger partial charge on any atom is 0.244 e. The number of carbonyl (C=O) groups is 1. The zero-order chi connectivity index (χ0) is 17.9. The second kappa shape index (κ2) is 6.84. The first kappa shape index (κ1) is 16.1. The van der Waals surface area contributed by atoms with Crippen LogP contribution in [-0.2, 0) is 18.3 Å². The number of para-hydroxylation sites is 1. The van der Waals surface area contributed by atoms with Crippen molar-refractivity contribution in [2.45, 2.75) is 6.42 Å². The van der Waals surface area contributed by atoms with E-state index in [0.717, 1.165) is 16.6 Å². The molecular weight excluding hydrogens is 322 g/mol. The van der Waals surface area contributed by atoms with Crippen LogP contribution < -0.4 is 5.43 Å². The minimum absolute atomic E-state index is 0.129. The second-order valence-electron chi connectivity index (χ2n) is 6.31. The molecule has 3 aromatic carbocycles. The number of rotatable bonds is 4. The lowest BCUT2D eigenvalue weighted by atomic mass is 10.1. The topological polar surface area (TPSA) is 46.4 Å². The van der Waals surface area contributed by atoms with Crippen molar-refractivity contribution in [2.75, 3.05) is 0 Å². The van der Waals surface area contributed by atoms with Gasteiger partial charge in [-0.2, -0.15) is 5.10 Å². The van der Waals surface area contributed by atoms with E-state index >= 15 is 0 Å². The third-order valence-corrected chi connectivity index (χ3v) is 4.55. The number of hydrogen-bond donors (Lipinski definition) is 1. The number of hydrazone groups is 1. The molecule has 0 aliphatic heterocycles. The van der Waals surface area contributed by atoms with Gasteiger partial charge >= 0.3 is 0 Å². The van der Waals surface area contributed by atoms with Crippen LogP contribution in [0.15, 0.2) is 77.9 Å². The number of nitrogens with one attached hydrogen (secondary N) is 1. The Bertz CT molecular complexity index is 1110. The van der Waals surface area contributed by atoms with E-state index in [2.05, 4.69) is 46.4 Å². The second-order valence-corrected chi connectivity index (χ2v) is 6.31. The maximum atomic E-state index is 12.2. The van der Waals surface area contributed by atoms with E-state index in [0.29, 0.717) is 6.42 Å². The summed E-state index contributed by atoms with van der Waals surface area (Å²) in [5, 5.41) is 6.46. The van der Waals surface area contributed by atoms with Crippen molar-refractivity contribution >= 4 is 33.9 Å². The van der Waals surface area contributed by atoms with Crippen LogP contribution in [0.1, 0.15) is 11.1 Å². The van der Waals surface area contributed by atoms with Gasteiger partial charge < -0.3 is 4.57 Å². The number of benzene rings is 3. The minimum atomic E-state index is -0.129. The summed E-state index contributed by atoms with van der Waals surface area (Å²) in [6, 6.07) is 24.2. The Morgan fingerprint density at radius 1 is 0.962 bits per heavy atom. The van der Waals surface area contributed by atoms with E-state index in [1.807, 2.05) is 48.5 Å². The summed E-state index contributed by atoms with van der Waals surface area (Å²) in [4.78, 5) is 12.2. The van der Waals surface area contributed by atoms with Gasteiger partial charge in [-0.3, -0.25) is 4.79 Å². The number of amides is 1. The number of hydrogen-bond acceptors (Lipinski definition) is 2. The summed E-state index contributed by atoms with van der Waals surface area (Å²) in [5.41, 5.74) is 6.83. The Labute approximate surface area is 151 Å². The van der Waals surface area contributed by atoms with Gasteiger partial charge in [0, 0.05) is 28.9 Å². The van der Waals surface area contributed by atoms with Crippen molar-refractivity contribution in [3.05, 3.63) is 83.9 Å². The summed E-state index contributed by atoms with van der Waals surface area (Å²) < 4.78 is 2.17. The number of carbonyl (C=O) groups excluding carboxylic acids is 1. The Morgan fingerprint density at radius 2 is 1.69 bits per heavy atom. The quantitative estimate of drug-likeness (QED) is 0.442. The third kappa shape index (κ3) is 3.09. The molecule has 4 nitrogen and oxygen atoms in total. The normalized spacial score (nSPS) is 11.4. The first-order chi connectivity index (χ1) is 12.7. The molecule has 0 fully saturated rings. The van der Waals surface area contributed by atoms with Crippen LogP contribution in [0.2, 0.25) is 0 Å². The molecule has 1 heterocycles. The summed E-state index contributed by atoms with van der Waals surface area (Å²) >= 11 is 0. The van der Waals surface area contributed by atoms with E-state index in [-0.39, 0.29) is 5.91 Å². The zero-order valence-corrected chi connectivity index (χ0v) is 14.5. The summed E-state index contributed by atoms with van der Waals surface area (Å²) in [6.07, 6.45) is 1.94. The average Bonchev–Trinajstić information content (AvgIpc) is 2.95. The van der Waals surface area contributed by atoms with E-state index in [1.165, 1.54) is 16.3 Å². The minimum Gasteiger partial charge on any atom is -0.344 e. The van der Waals surface area contributed by atoms with Gasteiger partial charge in [-0.1, -0.05) is 60.7 Å². The molecule has 0 spiro atoms. The fourth-order valence-corrected chi connectivity index (χ4v) is 3.26. The van der Waals surface area contributed by atoms with Gasteiger partial charge in [-0.25, -0.2) is 5.43 Å². The van der Waals surface area contributed by atoms with Crippen LogP contribution >= 0.6 is 0 Å². The van der Waals surface area contributed by atoms with Gasteiger partial charge in [0.1, 0.15) is 0 Å². The monoisotopic (exact) mass is 341 g/mol. The molecule has 0 saturated heterocycles. The molecule has 1 amide bonds. The highest BCUT2D eigenvalue weighted by molar-refractivity contribution is 6.08. The third-order valence-electron chi connectivity index (χ3n) is 4.55. The van der Waals surface area contributed by atoms with Crippen LogP contribution in [0, 0.1) is 0 Å². The smallest absolute Gasteiger partial charge is 0.244 e. The molecule has 0 unspecified atom stereocenters. The molecule has 1 N–H and O–H groups in total. The van der Waals surface area contributed by atoms with Crippen LogP contribution in [0.5, 0.6) is 0 Å². The number of fused-ring (bicyclic) bond motifs is 3. The summed E-state index contributed by atoms with van der Waals surface area (Å²) in [7, 11) is 2.05. The van der Waals surface area contributed by atoms with Crippen LogP contribution in [0.3, 0.4) is 0 Å². The molecule has 4 heteroatoms. The molecular formula is C22H19N3O. The molecule has 1 aromatic heterocycles. The van der Waals surface area contributed by atoms with Crippen LogP contribution in [0.4, 0.5) is 0 Å². The Balaban J connectivity index is 1.52.